The van der Waals surface area contributed by atoms with Gasteiger partial charge in [0.25, 0.3) is 5.91 Å². The Labute approximate surface area is 206 Å². The van der Waals surface area contributed by atoms with Gasteiger partial charge >= 0.3 is 6.03 Å². The van der Waals surface area contributed by atoms with Crippen LogP contribution in [0.3, 0.4) is 0 Å². The molecule has 3 aliphatic rings. The van der Waals surface area contributed by atoms with E-state index in [1.54, 1.807) is 14.2 Å². The molecule has 7 heteroatoms. The summed E-state index contributed by atoms with van der Waals surface area (Å²) >= 11 is 0. The van der Waals surface area contributed by atoms with Crippen LogP contribution in [-0.2, 0) is 28.1 Å². The number of urea groups is 1. The Morgan fingerprint density at radius 2 is 1.71 bits per heavy atom. The number of nitrogens with zero attached hydrogens (tertiary/aromatic N) is 1. The highest BCUT2D eigenvalue weighted by molar-refractivity contribution is 6.09. The highest BCUT2D eigenvalue weighted by Crippen LogP contribution is 2.60. The molecule has 186 valence electrons. The quantitative estimate of drug-likeness (QED) is 0.616. The summed E-state index contributed by atoms with van der Waals surface area (Å²) in [4.78, 5) is 28.6. The third kappa shape index (κ3) is 3.68. The largest absolute Gasteiger partial charge is 0.497 e. The van der Waals surface area contributed by atoms with Crippen LogP contribution in [0.15, 0.2) is 42.5 Å². The van der Waals surface area contributed by atoms with Crippen LogP contribution in [0.25, 0.3) is 0 Å². The molecule has 1 aliphatic heterocycles. The third-order valence-corrected chi connectivity index (χ3v) is 8.17. The minimum absolute atomic E-state index is 0.139. The van der Waals surface area contributed by atoms with Crippen molar-refractivity contribution in [1.82, 2.24) is 10.2 Å². The number of carbonyl (C=O) groups excluding carboxylic acids is 2. The summed E-state index contributed by atoms with van der Waals surface area (Å²) in [6, 6.07) is 13.2. The van der Waals surface area contributed by atoms with Crippen molar-refractivity contribution in [2.24, 2.45) is 5.41 Å². The maximum atomic E-state index is 14.1. The number of hydrogen-bond acceptors (Lipinski definition) is 5. The first kappa shape index (κ1) is 23.7. The monoisotopic (exact) mass is 478 g/mol. The van der Waals surface area contributed by atoms with Crippen LogP contribution in [0, 0.1) is 5.41 Å². The van der Waals surface area contributed by atoms with Gasteiger partial charge < -0.3 is 19.5 Å². The van der Waals surface area contributed by atoms with E-state index in [9.17, 15) is 9.59 Å². The summed E-state index contributed by atoms with van der Waals surface area (Å²) in [7, 11) is 3.39. The average molecular weight is 479 g/mol. The molecule has 0 bridgehead atoms. The Morgan fingerprint density at radius 3 is 2.31 bits per heavy atom. The van der Waals surface area contributed by atoms with Crippen LogP contribution >= 0.6 is 0 Å². The Bertz CT molecular complexity index is 1120. The lowest BCUT2D eigenvalue weighted by molar-refractivity contribution is -0.139. The number of benzene rings is 2. The van der Waals surface area contributed by atoms with Crippen molar-refractivity contribution in [3.05, 3.63) is 59.2 Å². The fourth-order valence-corrected chi connectivity index (χ4v) is 6.31. The molecule has 35 heavy (non-hydrogen) atoms. The smallest absolute Gasteiger partial charge is 0.325 e. The van der Waals surface area contributed by atoms with Crippen molar-refractivity contribution in [2.45, 2.75) is 70.2 Å². The van der Waals surface area contributed by atoms with Gasteiger partial charge in [0.15, 0.2) is 5.54 Å². The molecule has 1 atom stereocenters. The van der Waals surface area contributed by atoms with E-state index in [4.69, 9.17) is 14.2 Å². The van der Waals surface area contributed by atoms with Gasteiger partial charge in [-0.25, -0.2) is 4.79 Å². The van der Waals surface area contributed by atoms with Gasteiger partial charge in [-0.1, -0.05) is 18.2 Å². The number of methoxy groups -OCH3 is 2. The molecule has 2 aliphatic carbocycles. The Balaban J connectivity index is 1.50. The van der Waals surface area contributed by atoms with Gasteiger partial charge in [0.05, 0.1) is 13.2 Å². The van der Waals surface area contributed by atoms with Gasteiger partial charge in [0.2, 0.25) is 0 Å². The first-order valence-electron chi connectivity index (χ1n) is 12.4. The number of carbonyl (C=O) groups is 2. The number of amides is 3. The molecule has 1 N–H and O–H groups in total. The molecule has 0 aromatic heterocycles. The fraction of sp³-hybridized carbons (Fsp3) is 0.500. The Kier molecular flexibility index (Phi) is 5.99. The van der Waals surface area contributed by atoms with Gasteiger partial charge in [0.1, 0.15) is 18.1 Å². The molecule has 3 amide bonds. The Morgan fingerprint density at radius 1 is 1.03 bits per heavy atom. The van der Waals surface area contributed by atoms with Crippen LogP contribution in [0.1, 0.15) is 56.2 Å². The maximum Gasteiger partial charge on any atom is 0.325 e. The lowest BCUT2D eigenvalue weighted by atomic mass is 9.61. The van der Waals surface area contributed by atoms with Gasteiger partial charge in [-0.05, 0) is 86.9 Å². The number of nitrogens with one attached hydrogen (secondary N) is 1. The molecule has 2 fully saturated rings. The predicted octanol–water partition coefficient (Wildman–Crippen LogP) is 4.56. The van der Waals surface area contributed by atoms with E-state index in [1.807, 2.05) is 50.2 Å². The van der Waals surface area contributed by atoms with Crippen LogP contribution in [0.2, 0.25) is 0 Å². The summed E-state index contributed by atoms with van der Waals surface area (Å²) < 4.78 is 17.0. The molecule has 1 saturated heterocycles. The molecule has 2 spiro atoms. The van der Waals surface area contributed by atoms with Crippen molar-refractivity contribution in [2.75, 3.05) is 14.2 Å². The number of ether oxygens (including phenoxy) is 3. The molecule has 2 aromatic carbocycles. The zero-order valence-corrected chi connectivity index (χ0v) is 20.9. The molecule has 7 nitrogen and oxygen atoms in total. The SMILES string of the molecule is COc1ccc(COc2ccc3c(c2)C2(NC(=O)N(C(C)C)C2=O)[C@]2(CC[C@H](OC)CC2)C3)cc1. The fourth-order valence-electron chi connectivity index (χ4n) is 6.31. The normalized spacial score (nSPS) is 27.6. The predicted molar refractivity (Wildman–Crippen MR) is 131 cm³/mol. The van der Waals surface area contributed by atoms with Crippen LogP contribution in [0.4, 0.5) is 4.79 Å². The number of fused-ring (bicyclic) bond motifs is 3. The lowest BCUT2D eigenvalue weighted by Gasteiger charge is -2.46. The first-order chi connectivity index (χ1) is 16.8. The number of imide groups is 1. The van der Waals surface area contributed by atoms with Gasteiger partial charge in [0, 0.05) is 18.6 Å². The second-order valence-corrected chi connectivity index (χ2v) is 10.3. The second kappa shape index (κ2) is 8.86. The van der Waals surface area contributed by atoms with Gasteiger partial charge in [-0.15, -0.1) is 0 Å². The molecule has 5 rings (SSSR count). The summed E-state index contributed by atoms with van der Waals surface area (Å²) in [6.07, 6.45) is 4.34. The highest BCUT2D eigenvalue weighted by Gasteiger charge is 2.68. The van der Waals surface area contributed by atoms with Crippen molar-refractivity contribution in [3.8, 4) is 11.5 Å². The van der Waals surface area contributed by atoms with Crippen molar-refractivity contribution in [1.29, 1.82) is 0 Å². The van der Waals surface area contributed by atoms with E-state index in [0.29, 0.717) is 12.4 Å². The summed E-state index contributed by atoms with van der Waals surface area (Å²) in [5.41, 5.74) is 1.57. The minimum atomic E-state index is -1.07. The van der Waals surface area contributed by atoms with Crippen molar-refractivity contribution < 1.29 is 23.8 Å². The van der Waals surface area contributed by atoms with Crippen molar-refractivity contribution in [3.63, 3.8) is 0 Å². The van der Waals surface area contributed by atoms with E-state index in [1.165, 1.54) is 4.90 Å². The van der Waals surface area contributed by atoms with E-state index in [2.05, 4.69) is 11.4 Å². The second-order valence-electron chi connectivity index (χ2n) is 10.3. The van der Waals surface area contributed by atoms with Crippen LogP contribution in [0.5, 0.6) is 11.5 Å². The highest BCUT2D eigenvalue weighted by atomic mass is 16.5. The van der Waals surface area contributed by atoms with Crippen LogP contribution in [-0.4, -0.2) is 43.2 Å². The average Bonchev–Trinajstić information content (AvgIpc) is 3.29. The number of hydrogen-bond donors (Lipinski definition) is 1. The minimum Gasteiger partial charge on any atom is -0.497 e. The topological polar surface area (TPSA) is 77.1 Å². The summed E-state index contributed by atoms with van der Waals surface area (Å²) in [5, 5.41) is 3.20. The molecular formula is C28H34N2O5. The standard InChI is InChI=1S/C28H34N2O5/c1-18(2)30-25(31)28(29-26(30)32)24-15-23(35-17-19-5-8-21(33-3)9-6-19)10-7-20(24)16-27(28)13-11-22(34-4)12-14-27/h5-10,15,18,22H,11-14,16-17H2,1-4H3,(H,29,32)/t22-,27-,28?. The van der Waals surface area contributed by atoms with E-state index in [-0.39, 0.29) is 29.5 Å². The zero-order valence-electron chi connectivity index (χ0n) is 20.9. The third-order valence-electron chi connectivity index (χ3n) is 8.17. The molecule has 1 unspecified atom stereocenters. The summed E-state index contributed by atoms with van der Waals surface area (Å²) in [6.45, 7) is 4.17. The summed E-state index contributed by atoms with van der Waals surface area (Å²) in [5.74, 6) is 1.35. The molecule has 1 heterocycles. The zero-order chi connectivity index (χ0) is 24.8. The lowest BCUT2D eigenvalue weighted by Crippen LogP contribution is -2.57. The molecule has 0 radical (unpaired) electrons. The molecule has 2 aromatic rings. The van der Waals surface area contributed by atoms with E-state index >= 15 is 0 Å². The van der Waals surface area contributed by atoms with E-state index < -0.39 is 5.54 Å². The number of rotatable bonds is 6. The molecule has 1 saturated carbocycles. The Hall–Kier alpha value is -3.06. The van der Waals surface area contributed by atoms with Gasteiger partial charge in [-0.2, -0.15) is 0 Å². The van der Waals surface area contributed by atoms with E-state index in [0.717, 1.165) is 54.5 Å². The van der Waals surface area contributed by atoms with Crippen molar-refractivity contribution >= 4 is 11.9 Å². The van der Waals surface area contributed by atoms with Crippen LogP contribution < -0.4 is 14.8 Å². The maximum absolute atomic E-state index is 14.1. The molecular weight excluding hydrogens is 444 g/mol. The van der Waals surface area contributed by atoms with Gasteiger partial charge in [-0.3, -0.25) is 9.69 Å². The first-order valence-corrected chi connectivity index (χ1v) is 12.4.